The molecule has 3 nitrogen and oxygen atoms in total. The number of hydrogen-bond donors (Lipinski definition) is 0. The SMILES string of the molecule is COC(=O)c1ccc2c(c1)CC(=O)S2. The lowest BCUT2D eigenvalue weighted by atomic mass is 10.1. The first-order chi connectivity index (χ1) is 6.70. The summed E-state index contributed by atoms with van der Waals surface area (Å²) >= 11 is 1.23. The first kappa shape index (κ1) is 9.27. The Bertz CT molecular complexity index is 412. The van der Waals surface area contributed by atoms with E-state index in [-0.39, 0.29) is 11.1 Å². The van der Waals surface area contributed by atoms with Crippen LogP contribution in [0.1, 0.15) is 15.9 Å². The van der Waals surface area contributed by atoms with Gasteiger partial charge in [-0.3, -0.25) is 4.79 Å². The van der Waals surface area contributed by atoms with E-state index >= 15 is 0 Å². The molecule has 1 aromatic carbocycles. The van der Waals surface area contributed by atoms with Gasteiger partial charge >= 0.3 is 5.97 Å². The summed E-state index contributed by atoms with van der Waals surface area (Å²) in [6.45, 7) is 0. The van der Waals surface area contributed by atoms with Crippen LogP contribution in [0, 0.1) is 0 Å². The van der Waals surface area contributed by atoms with Gasteiger partial charge in [0, 0.05) is 11.3 Å². The van der Waals surface area contributed by atoms with Gasteiger partial charge in [0.1, 0.15) is 0 Å². The van der Waals surface area contributed by atoms with Crippen LogP contribution >= 0.6 is 11.8 Å². The molecule has 0 fully saturated rings. The fraction of sp³-hybridized carbons (Fsp3) is 0.200. The second-order valence-corrected chi connectivity index (χ2v) is 4.06. The Morgan fingerprint density at radius 1 is 1.50 bits per heavy atom. The Labute approximate surface area is 85.4 Å². The lowest BCUT2D eigenvalue weighted by Gasteiger charge is -2.01. The molecule has 1 aliphatic heterocycles. The van der Waals surface area contributed by atoms with Crippen molar-refractivity contribution in [2.75, 3.05) is 7.11 Å². The number of thioether (sulfide) groups is 1. The number of ether oxygens (including phenoxy) is 1. The van der Waals surface area contributed by atoms with Gasteiger partial charge < -0.3 is 4.74 Å². The molecule has 14 heavy (non-hydrogen) atoms. The van der Waals surface area contributed by atoms with Gasteiger partial charge in [-0.25, -0.2) is 4.79 Å². The van der Waals surface area contributed by atoms with Crippen molar-refractivity contribution in [3.63, 3.8) is 0 Å². The molecule has 0 N–H and O–H groups in total. The summed E-state index contributed by atoms with van der Waals surface area (Å²) in [6, 6.07) is 5.19. The number of rotatable bonds is 1. The fourth-order valence-electron chi connectivity index (χ4n) is 1.38. The Morgan fingerprint density at radius 2 is 2.29 bits per heavy atom. The average Bonchev–Trinajstić information content (AvgIpc) is 2.55. The minimum atomic E-state index is -0.364. The molecule has 2 rings (SSSR count). The van der Waals surface area contributed by atoms with Crippen LogP contribution < -0.4 is 0 Å². The van der Waals surface area contributed by atoms with E-state index in [0.29, 0.717) is 12.0 Å². The van der Waals surface area contributed by atoms with E-state index in [9.17, 15) is 9.59 Å². The van der Waals surface area contributed by atoms with E-state index in [0.717, 1.165) is 10.5 Å². The number of hydrogen-bond acceptors (Lipinski definition) is 4. The summed E-state index contributed by atoms with van der Waals surface area (Å²) in [5.41, 5.74) is 1.42. The van der Waals surface area contributed by atoms with Crippen LogP contribution in [0.4, 0.5) is 0 Å². The van der Waals surface area contributed by atoms with Crippen molar-refractivity contribution in [3.05, 3.63) is 29.3 Å². The molecule has 1 heterocycles. The molecule has 0 radical (unpaired) electrons. The molecule has 4 heteroatoms. The second-order valence-electron chi connectivity index (χ2n) is 2.96. The van der Waals surface area contributed by atoms with Gasteiger partial charge in [0.2, 0.25) is 0 Å². The largest absolute Gasteiger partial charge is 0.465 e. The number of benzene rings is 1. The third kappa shape index (κ3) is 1.53. The summed E-state index contributed by atoms with van der Waals surface area (Å²) in [7, 11) is 1.34. The molecule has 0 saturated heterocycles. The van der Waals surface area contributed by atoms with Gasteiger partial charge in [-0.2, -0.15) is 0 Å². The van der Waals surface area contributed by atoms with Gasteiger partial charge in [-0.1, -0.05) is 11.8 Å². The zero-order chi connectivity index (χ0) is 10.1. The highest BCUT2D eigenvalue weighted by Crippen LogP contribution is 2.32. The van der Waals surface area contributed by atoms with Gasteiger partial charge in [0.25, 0.3) is 0 Å². The molecule has 1 aromatic rings. The van der Waals surface area contributed by atoms with Crippen LogP contribution in [0.2, 0.25) is 0 Å². The normalized spacial score (nSPS) is 13.9. The van der Waals surface area contributed by atoms with Crippen molar-refractivity contribution in [2.45, 2.75) is 11.3 Å². The minimum absolute atomic E-state index is 0.127. The average molecular weight is 208 g/mol. The van der Waals surface area contributed by atoms with Crippen molar-refractivity contribution in [1.29, 1.82) is 0 Å². The predicted octanol–water partition coefficient (Wildman–Crippen LogP) is 1.65. The summed E-state index contributed by atoms with van der Waals surface area (Å²) in [4.78, 5) is 23.2. The number of fused-ring (bicyclic) bond motifs is 1. The van der Waals surface area contributed by atoms with Crippen molar-refractivity contribution in [1.82, 2.24) is 0 Å². The van der Waals surface area contributed by atoms with Crippen LogP contribution in [0.5, 0.6) is 0 Å². The number of methoxy groups -OCH3 is 1. The zero-order valence-electron chi connectivity index (χ0n) is 7.57. The van der Waals surface area contributed by atoms with Crippen LogP contribution in [0.25, 0.3) is 0 Å². The molecule has 0 bridgehead atoms. The van der Waals surface area contributed by atoms with E-state index in [1.165, 1.54) is 18.9 Å². The summed E-state index contributed by atoms with van der Waals surface area (Å²) in [5.74, 6) is -0.364. The lowest BCUT2D eigenvalue weighted by molar-refractivity contribution is -0.110. The molecule has 0 amide bonds. The van der Waals surface area contributed by atoms with Crippen LogP contribution in [0.15, 0.2) is 23.1 Å². The van der Waals surface area contributed by atoms with E-state index in [1.807, 2.05) is 0 Å². The lowest BCUT2D eigenvalue weighted by Crippen LogP contribution is -2.01. The third-order valence-electron chi connectivity index (χ3n) is 2.04. The molecule has 1 aliphatic rings. The van der Waals surface area contributed by atoms with Crippen LogP contribution in [-0.4, -0.2) is 18.2 Å². The molecule has 0 aliphatic carbocycles. The van der Waals surface area contributed by atoms with E-state index < -0.39 is 0 Å². The van der Waals surface area contributed by atoms with Gasteiger partial charge in [0.15, 0.2) is 5.12 Å². The fourth-order valence-corrected chi connectivity index (χ4v) is 2.25. The van der Waals surface area contributed by atoms with Crippen molar-refractivity contribution in [3.8, 4) is 0 Å². The highest BCUT2D eigenvalue weighted by atomic mass is 32.2. The molecule has 0 atom stereocenters. The van der Waals surface area contributed by atoms with Crippen molar-refractivity contribution in [2.24, 2.45) is 0 Å². The van der Waals surface area contributed by atoms with Crippen molar-refractivity contribution < 1.29 is 14.3 Å². The standard InChI is InChI=1S/C10H8O3S/c1-13-10(12)6-2-3-8-7(4-6)5-9(11)14-8/h2-4H,5H2,1H3. The third-order valence-corrected chi connectivity index (χ3v) is 3.03. The summed E-state index contributed by atoms with van der Waals surface area (Å²) in [5, 5.41) is 0.127. The van der Waals surface area contributed by atoms with Gasteiger partial charge in [0.05, 0.1) is 12.7 Å². The Morgan fingerprint density at radius 3 is 3.00 bits per heavy atom. The van der Waals surface area contributed by atoms with E-state index in [4.69, 9.17) is 0 Å². The molecule has 72 valence electrons. The maximum absolute atomic E-state index is 11.2. The maximum Gasteiger partial charge on any atom is 0.337 e. The first-order valence-electron chi connectivity index (χ1n) is 4.12. The summed E-state index contributed by atoms with van der Waals surface area (Å²) < 4.78 is 4.59. The topological polar surface area (TPSA) is 43.4 Å². The number of carbonyl (C=O) groups is 2. The highest BCUT2D eigenvalue weighted by Gasteiger charge is 2.20. The maximum atomic E-state index is 11.2. The first-order valence-corrected chi connectivity index (χ1v) is 4.94. The highest BCUT2D eigenvalue weighted by molar-refractivity contribution is 8.14. The Hall–Kier alpha value is -1.29. The van der Waals surface area contributed by atoms with E-state index in [2.05, 4.69) is 4.74 Å². The van der Waals surface area contributed by atoms with Gasteiger partial charge in [-0.15, -0.1) is 0 Å². The Kier molecular flexibility index (Phi) is 2.29. The van der Waals surface area contributed by atoms with Crippen LogP contribution in [0.3, 0.4) is 0 Å². The molecule has 0 aromatic heterocycles. The number of carbonyl (C=O) groups excluding carboxylic acids is 2. The second kappa shape index (κ2) is 3.46. The predicted molar refractivity (Wildman–Crippen MR) is 52.3 cm³/mol. The molecular weight excluding hydrogens is 200 g/mol. The van der Waals surface area contributed by atoms with Crippen LogP contribution in [-0.2, 0) is 16.0 Å². The quantitative estimate of drug-likeness (QED) is 0.658. The molecule has 0 unspecified atom stereocenters. The summed E-state index contributed by atoms with van der Waals surface area (Å²) in [6.07, 6.45) is 0.408. The minimum Gasteiger partial charge on any atom is -0.465 e. The molecular formula is C10H8O3S. The molecule has 0 saturated carbocycles. The number of esters is 1. The Balaban J connectivity index is 2.37. The monoisotopic (exact) mass is 208 g/mol. The zero-order valence-corrected chi connectivity index (χ0v) is 8.39. The smallest absolute Gasteiger partial charge is 0.337 e. The molecule has 0 spiro atoms. The van der Waals surface area contributed by atoms with Crippen molar-refractivity contribution >= 4 is 22.8 Å². The van der Waals surface area contributed by atoms with E-state index in [1.54, 1.807) is 18.2 Å². The van der Waals surface area contributed by atoms with Gasteiger partial charge in [-0.05, 0) is 23.8 Å².